The Hall–Kier alpha value is -3.40. The lowest BCUT2D eigenvalue weighted by molar-refractivity contribution is -0.130. The summed E-state index contributed by atoms with van der Waals surface area (Å²) in [6, 6.07) is 8.96. The zero-order chi connectivity index (χ0) is 22.7. The van der Waals surface area contributed by atoms with Crippen LogP contribution in [-0.4, -0.2) is 30.4 Å². The van der Waals surface area contributed by atoms with E-state index in [1.54, 1.807) is 6.92 Å². The van der Waals surface area contributed by atoms with Crippen molar-refractivity contribution in [3.63, 3.8) is 0 Å². The SMILES string of the molecule is Cc1c(C(=O)OC(C)C(=O)NCC(=O)Nc2ccc(F)c(F)c2F)sc2ccccc12. The first-order valence-electron chi connectivity index (χ1n) is 9.09. The molecule has 0 fully saturated rings. The Bertz CT molecular complexity index is 1180. The molecule has 2 aromatic carbocycles. The van der Waals surface area contributed by atoms with Crippen molar-refractivity contribution in [3.8, 4) is 0 Å². The van der Waals surface area contributed by atoms with Crippen LogP contribution in [0.2, 0.25) is 0 Å². The van der Waals surface area contributed by atoms with Gasteiger partial charge in [-0.25, -0.2) is 18.0 Å². The summed E-state index contributed by atoms with van der Waals surface area (Å²) in [7, 11) is 0. The van der Waals surface area contributed by atoms with E-state index < -0.39 is 53.6 Å². The highest BCUT2D eigenvalue weighted by Crippen LogP contribution is 2.31. The molecule has 1 heterocycles. The molecule has 0 aliphatic rings. The fourth-order valence-corrected chi connectivity index (χ4v) is 3.86. The highest BCUT2D eigenvalue weighted by Gasteiger charge is 2.23. The predicted molar refractivity (Wildman–Crippen MR) is 109 cm³/mol. The average Bonchev–Trinajstić information content (AvgIpc) is 3.09. The first-order chi connectivity index (χ1) is 14.7. The van der Waals surface area contributed by atoms with Crippen molar-refractivity contribution in [2.75, 3.05) is 11.9 Å². The molecule has 0 saturated carbocycles. The fraction of sp³-hybridized carbons (Fsp3) is 0.190. The van der Waals surface area contributed by atoms with Gasteiger partial charge in [-0.3, -0.25) is 9.59 Å². The van der Waals surface area contributed by atoms with Gasteiger partial charge in [0.1, 0.15) is 4.88 Å². The molecule has 0 aliphatic carbocycles. The number of hydrogen-bond acceptors (Lipinski definition) is 5. The van der Waals surface area contributed by atoms with Gasteiger partial charge in [-0.2, -0.15) is 0 Å². The van der Waals surface area contributed by atoms with Crippen LogP contribution in [0.3, 0.4) is 0 Å². The molecule has 162 valence electrons. The summed E-state index contributed by atoms with van der Waals surface area (Å²) in [6.07, 6.45) is -1.20. The number of anilines is 1. The first kappa shape index (κ1) is 22.3. The monoisotopic (exact) mass is 450 g/mol. The number of hydrogen-bond donors (Lipinski definition) is 2. The third-order valence-corrected chi connectivity index (χ3v) is 5.67. The van der Waals surface area contributed by atoms with Gasteiger partial charge in [-0.05, 0) is 43.0 Å². The Labute approximate surface area is 179 Å². The summed E-state index contributed by atoms with van der Waals surface area (Å²) in [5, 5.41) is 5.17. The molecule has 0 spiro atoms. The van der Waals surface area contributed by atoms with E-state index in [1.807, 2.05) is 29.6 Å². The second-order valence-corrected chi connectivity index (χ2v) is 7.64. The van der Waals surface area contributed by atoms with Crippen LogP contribution in [0, 0.1) is 24.4 Å². The molecule has 1 aromatic heterocycles. The molecular formula is C21H17F3N2O4S. The molecule has 0 aliphatic heterocycles. The van der Waals surface area contributed by atoms with Crippen LogP contribution in [0.15, 0.2) is 36.4 Å². The minimum absolute atomic E-state index is 0.368. The first-order valence-corrected chi connectivity index (χ1v) is 9.91. The number of carbonyl (C=O) groups is 3. The van der Waals surface area contributed by atoms with Gasteiger partial charge in [0, 0.05) is 4.70 Å². The molecule has 0 radical (unpaired) electrons. The number of fused-ring (bicyclic) bond motifs is 1. The van der Waals surface area contributed by atoms with E-state index in [0.29, 0.717) is 10.9 Å². The van der Waals surface area contributed by atoms with Crippen LogP contribution in [0.4, 0.5) is 18.9 Å². The van der Waals surface area contributed by atoms with Crippen LogP contribution in [0.1, 0.15) is 22.2 Å². The number of thiophene rings is 1. The maximum atomic E-state index is 13.6. The second kappa shape index (κ2) is 9.17. The molecule has 2 amide bonds. The van der Waals surface area contributed by atoms with Gasteiger partial charge in [0.05, 0.1) is 12.2 Å². The van der Waals surface area contributed by atoms with Gasteiger partial charge in [0.2, 0.25) is 5.91 Å². The van der Waals surface area contributed by atoms with E-state index in [-0.39, 0.29) is 0 Å². The van der Waals surface area contributed by atoms with E-state index in [1.165, 1.54) is 18.3 Å². The van der Waals surface area contributed by atoms with Gasteiger partial charge in [0.15, 0.2) is 23.6 Å². The Morgan fingerprint density at radius 1 is 1.06 bits per heavy atom. The van der Waals surface area contributed by atoms with Gasteiger partial charge in [-0.1, -0.05) is 18.2 Å². The van der Waals surface area contributed by atoms with Crippen LogP contribution in [-0.2, 0) is 14.3 Å². The Balaban J connectivity index is 1.55. The standard InChI is InChI=1S/C21H17F3N2O4S/c1-10-12-5-3-4-6-15(12)31-19(10)21(29)30-11(2)20(28)25-9-16(27)26-14-8-7-13(22)17(23)18(14)24/h3-8,11H,9H2,1-2H3,(H,25,28)(H,26,27). The normalized spacial score (nSPS) is 11.8. The van der Waals surface area contributed by atoms with E-state index >= 15 is 0 Å². The molecule has 1 unspecified atom stereocenters. The summed E-state index contributed by atoms with van der Waals surface area (Å²) >= 11 is 1.25. The molecule has 3 rings (SSSR count). The van der Waals surface area contributed by atoms with Crippen molar-refractivity contribution in [1.29, 1.82) is 0 Å². The summed E-state index contributed by atoms with van der Waals surface area (Å²) in [6.45, 7) is 2.52. The lowest BCUT2D eigenvalue weighted by atomic mass is 10.1. The van der Waals surface area contributed by atoms with Gasteiger partial charge >= 0.3 is 5.97 Å². The van der Waals surface area contributed by atoms with Crippen molar-refractivity contribution in [1.82, 2.24) is 5.32 Å². The van der Waals surface area contributed by atoms with Crippen molar-refractivity contribution < 1.29 is 32.3 Å². The zero-order valence-electron chi connectivity index (χ0n) is 16.4. The third-order valence-electron chi connectivity index (χ3n) is 4.41. The zero-order valence-corrected chi connectivity index (χ0v) is 17.2. The summed E-state index contributed by atoms with van der Waals surface area (Å²) in [5.74, 6) is -6.98. The van der Waals surface area contributed by atoms with Gasteiger partial charge in [-0.15, -0.1) is 11.3 Å². The van der Waals surface area contributed by atoms with Crippen molar-refractivity contribution in [2.45, 2.75) is 20.0 Å². The smallest absolute Gasteiger partial charge is 0.349 e. The topological polar surface area (TPSA) is 84.5 Å². The maximum Gasteiger partial charge on any atom is 0.349 e. The summed E-state index contributed by atoms with van der Waals surface area (Å²) in [5.41, 5.74) is 0.170. The molecule has 1 atom stereocenters. The van der Waals surface area contributed by atoms with E-state index in [2.05, 4.69) is 5.32 Å². The molecule has 3 aromatic rings. The molecule has 0 saturated heterocycles. The molecular weight excluding hydrogens is 433 g/mol. The molecule has 10 heteroatoms. The average molecular weight is 450 g/mol. The largest absolute Gasteiger partial charge is 0.448 e. The lowest BCUT2D eigenvalue weighted by Gasteiger charge is -2.13. The Morgan fingerprint density at radius 3 is 2.48 bits per heavy atom. The van der Waals surface area contributed by atoms with E-state index in [0.717, 1.165) is 21.7 Å². The number of ether oxygens (including phenoxy) is 1. The number of benzene rings is 2. The number of nitrogens with one attached hydrogen (secondary N) is 2. The van der Waals surface area contributed by atoms with Crippen molar-refractivity contribution in [3.05, 3.63) is 64.3 Å². The van der Waals surface area contributed by atoms with Crippen molar-refractivity contribution in [2.24, 2.45) is 0 Å². The van der Waals surface area contributed by atoms with E-state index in [4.69, 9.17) is 4.74 Å². The lowest BCUT2D eigenvalue weighted by Crippen LogP contribution is -2.40. The number of halogens is 3. The number of esters is 1. The number of carbonyl (C=O) groups excluding carboxylic acids is 3. The molecule has 0 bridgehead atoms. The van der Waals surface area contributed by atoms with Crippen molar-refractivity contribution >= 4 is 44.9 Å². The highest BCUT2D eigenvalue weighted by atomic mass is 32.1. The van der Waals surface area contributed by atoms with Crippen LogP contribution in [0.25, 0.3) is 10.1 Å². The third kappa shape index (κ3) is 4.85. The Kier molecular flexibility index (Phi) is 6.59. The molecule has 6 nitrogen and oxygen atoms in total. The minimum atomic E-state index is -1.72. The van der Waals surface area contributed by atoms with Crippen LogP contribution in [0.5, 0.6) is 0 Å². The summed E-state index contributed by atoms with van der Waals surface area (Å²) in [4.78, 5) is 36.8. The predicted octanol–water partition coefficient (Wildman–Crippen LogP) is 3.93. The quantitative estimate of drug-likeness (QED) is 0.440. The van der Waals surface area contributed by atoms with Crippen LogP contribution >= 0.6 is 11.3 Å². The van der Waals surface area contributed by atoms with Gasteiger partial charge < -0.3 is 15.4 Å². The number of amides is 2. The van der Waals surface area contributed by atoms with Crippen LogP contribution < -0.4 is 10.6 Å². The maximum absolute atomic E-state index is 13.6. The fourth-order valence-electron chi connectivity index (χ4n) is 2.76. The summed E-state index contributed by atoms with van der Waals surface area (Å²) < 4.78 is 45.8. The Morgan fingerprint density at radius 2 is 1.77 bits per heavy atom. The minimum Gasteiger partial charge on any atom is -0.448 e. The van der Waals surface area contributed by atoms with E-state index in [9.17, 15) is 27.6 Å². The highest BCUT2D eigenvalue weighted by molar-refractivity contribution is 7.21. The number of aryl methyl sites for hydroxylation is 1. The molecule has 2 N–H and O–H groups in total. The number of rotatable bonds is 6. The van der Waals surface area contributed by atoms with Gasteiger partial charge in [0.25, 0.3) is 5.91 Å². The molecule has 31 heavy (non-hydrogen) atoms. The second-order valence-electron chi connectivity index (χ2n) is 6.59.